The highest BCUT2D eigenvalue weighted by atomic mass is 16.3. The molecular weight excluding hydrogens is 188 g/mol. The summed E-state index contributed by atoms with van der Waals surface area (Å²) in [5.41, 5.74) is 6.64. The molecule has 1 aromatic rings. The molecule has 0 radical (unpaired) electrons. The molecule has 84 valence electrons. The maximum Gasteiger partial charge on any atom is 0.123 e. The average molecular weight is 208 g/mol. The number of hydrogen-bond acceptors (Lipinski definition) is 3. The SMILES string of the molecule is CCC(CC)C(O)Cc1ccnc(N)c1. The van der Waals surface area contributed by atoms with E-state index in [-0.39, 0.29) is 6.10 Å². The van der Waals surface area contributed by atoms with E-state index in [1.807, 2.05) is 12.1 Å². The Morgan fingerprint density at radius 3 is 2.60 bits per heavy atom. The molecule has 0 saturated carbocycles. The Morgan fingerprint density at radius 2 is 2.07 bits per heavy atom. The molecule has 0 aromatic carbocycles. The summed E-state index contributed by atoms with van der Waals surface area (Å²) in [6.45, 7) is 4.22. The van der Waals surface area contributed by atoms with E-state index in [4.69, 9.17) is 5.73 Å². The lowest BCUT2D eigenvalue weighted by molar-refractivity contribution is 0.103. The first kappa shape index (κ1) is 12.0. The second-order valence-electron chi connectivity index (χ2n) is 3.94. The molecule has 1 heterocycles. The number of aromatic nitrogens is 1. The molecule has 1 atom stereocenters. The van der Waals surface area contributed by atoms with Crippen molar-refractivity contribution in [1.29, 1.82) is 0 Å². The van der Waals surface area contributed by atoms with Crippen LogP contribution in [0.3, 0.4) is 0 Å². The highest BCUT2D eigenvalue weighted by molar-refractivity contribution is 5.32. The number of aliphatic hydroxyl groups excluding tert-OH is 1. The molecule has 3 nitrogen and oxygen atoms in total. The third-order valence-electron chi connectivity index (χ3n) is 2.88. The minimum Gasteiger partial charge on any atom is -0.392 e. The van der Waals surface area contributed by atoms with Crippen molar-refractivity contribution in [2.24, 2.45) is 5.92 Å². The predicted molar refractivity (Wildman–Crippen MR) is 62.4 cm³/mol. The molecule has 0 amide bonds. The van der Waals surface area contributed by atoms with Crippen molar-refractivity contribution in [2.75, 3.05) is 5.73 Å². The van der Waals surface area contributed by atoms with E-state index in [2.05, 4.69) is 18.8 Å². The minimum absolute atomic E-state index is 0.276. The number of anilines is 1. The molecule has 0 aliphatic heterocycles. The molecule has 1 aromatic heterocycles. The fourth-order valence-corrected chi connectivity index (χ4v) is 1.86. The Labute approximate surface area is 91.3 Å². The van der Waals surface area contributed by atoms with Gasteiger partial charge in [0.15, 0.2) is 0 Å². The van der Waals surface area contributed by atoms with E-state index in [0.717, 1.165) is 18.4 Å². The zero-order chi connectivity index (χ0) is 11.3. The van der Waals surface area contributed by atoms with Crippen LogP contribution in [0.4, 0.5) is 5.82 Å². The van der Waals surface area contributed by atoms with E-state index < -0.39 is 0 Å². The van der Waals surface area contributed by atoms with Crippen LogP contribution in [-0.4, -0.2) is 16.2 Å². The standard InChI is InChI=1S/C12H20N2O/c1-3-10(4-2)11(15)7-9-5-6-14-12(13)8-9/h5-6,8,10-11,15H,3-4,7H2,1-2H3,(H2,13,14). The van der Waals surface area contributed by atoms with E-state index in [1.54, 1.807) is 6.20 Å². The average Bonchev–Trinajstić information content (AvgIpc) is 2.19. The van der Waals surface area contributed by atoms with Gasteiger partial charge in [0.1, 0.15) is 5.82 Å². The summed E-state index contributed by atoms with van der Waals surface area (Å²) in [6, 6.07) is 3.73. The summed E-state index contributed by atoms with van der Waals surface area (Å²) in [6.07, 6.45) is 4.10. The van der Waals surface area contributed by atoms with Crippen LogP contribution in [0.1, 0.15) is 32.3 Å². The van der Waals surface area contributed by atoms with Crippen LogP contribution in [0.2, 0.25) is 0 Å². The maximum atomic E-state index is 9.99. The Morgan fingerprint density at radius 1 is 1.40 bits per heavy atom. The van der Waals surface area contributed by atoms with Gasteiger partial charge in [-0.3, -0.25) is 0 Å². The zero-order valence-electron chi connectivity index (χ0n) is 9.48. The third kappa shape index (κ3) is 3.51. The van der Waals surface area contributed by atoms with Gasteiger partial charge in [0, 0.05) is 6.20 Å². The van der Waals surface area contributed by atoms with E-state index in [1.165, 1.54) is 0 Å². The van der Waals surface area contributed by atoms with Gasteiger partial charge in [0.05, 0.1) is 6.10 Å². The number of aliphatic hydroxyl groups is 1. The number of pyridine rings is 1. The van der Waals surface area contributed by atoms with Crippen molar-refractivity contribution >= 4 is 5.82 Å². The van der Waals surface area contributed by atoms with E-state index in [9.17, 15) is 5.11 Å². The Hall–Kier alpha value is -1.09. The monoisotopic (exact) mass is 208 g/mol. The predicted octanol–water partition coefficient (Wildman–Crippen LogP) is 2.00. The van der Waals surface area contributed by atoms with Gasteiger partial charge < -0.3 is 10.8 Å². The smallest absolute Gasteiger partial charge is 0.123 e. The maximum absolute atomic E-state index is 9.99. The number of rotatable bonds is 5. The first-order valence-corrected chi connectivity index (χ1v) is 5.55. The van der Waals surface area contributed by atoms with Gasteiger partial charge in [0.25, 0.3) is 0 Å². The van der Waals surface area contributed by atoms with Crippen molar-refractivity contribution in [3.05, 3.63) is 23.9 Å². The molecule has 1 unspecified atom stereocenters. The fourth-order valence-electron chi connectivity index (χ4n) is 1.86. The molecule has 0 fully saturated rings. The van der Waals surface area contributed by atoms with E-state index >= 15 is 0 Å². The Balaban J connectivity index is 2.61. The molecule has 0 aliphatic rings. The quantitative estimate of drug-likeness (QED) is 0.778. The van der Waals surface area contributed by atoms with Crippen LogP contribution < -0.4 is 5.73 Å². The molecule has 0 aliphatic carbocycles. The highest BCUT2D eigenvalue weighted by Crippen LogP contribution is 2.17. The summed E-state index contributed by atoms with van der Waals surface area (Å²) in [5, 5.41) is 9.99. The van der Waals surface area contributed by atoms with Gasteiger partial charge in [-0.05, 0) is 30.0 Å². The second kappa shape index (κ2) is 5.71. The van der Waals surface area contributed by atoms with Crippen LogP contribution in [0, 0.1) is 5.92 Å². The first-order valence-electron chi connectivity index (χ1n) is 5.55. The highest BCUT2D eigenvalue weighted by Gasteiger charge is 2.15. The van der Waals surface area contributed by atoms with E-state index in [0.29, 0.717) is 18.2 Å². The van der Waals surface area contributed by atoms with Gasteiger partial charge >= 0.3 is 0 Å². The largest absolute Gasteiger partial charge is 0.392 e. The minimum atomic E-state index is -0.276. The van der Waals surface area contributed by atoms with Gasteiger partial charge in [-0.25, -0.2) is 4.98 Å². The van der Waals surface area contributed by atoms with Gasteiger partial charge in [-0.15, -0.1) is 0 Å². The molecule has 0 bridgehead atoms. The Bertz CT molecular complexity index is 297. The van der Waals surface area contributed by atoms with Crippen molar-refractivity contribution < 1.29 is 5.11 Å². The lowest BCUT2D eigenvalue weighted by Crippen LogP contribution is -2.21. The summed E-state index contributed by atoms with van der Waals surface area (Å²) < 4.78 is 0. The second-order valence-corrected chi connectivity index (χ2v) is 3.94. The summed E-state index contributed by atoms with van der Waals surface area (Å²) >= 11 is 0. The van der Waals surface area contributed by atoms with Gasteiger partial charge in [0.2, 0.25) is 0 Å². The number of nitrogen functional groups attached to an aromatic ring is 1. The van der Waals surface area contributed by atoms with Crippen molar-refractivity contribution in [3.8, 4) is 0 Å². The number of nitrogens with two attached hydrogens (primary N) is 1. The molecule has 3 N–H and O–H groups in total. The van der Waals surface area contributed by atoms with Crippen LogP contribution in [0.5, 0.6) is 0 Å². The van der Waals surface area contributed by atoms with Gasteiger partial charge in [-0.1, -0.05) is 26.7 Å². The fraction of sp³-hybridized carbons (Fsp3) is 0.583. The Kier molecular flexibility index (Phi) is 4.56. The molecular formula is C12H20N2O. The molecule has 1 rings (SSSR count). The van der Waals surface area contributed by atoms with Crippen molar-refractivity contribution in [2.45, 2.75) is 39.2 Å². The van der Waals surface area contributed by atoms with Crippen LogP contribution in [-0.2, 0) is 6.42 Å². The van der Waals surface area contributed by atoms with Crippen LogP contribution in [0.15, 0.2) is 18.3 Å². The van der Waals surface area contributed by atoms with Crippen LogP contribution in [0.25, 0.3) is 0 Å². The topological polar surface area (TPSA) is 59.1 Å². The lowest BCUT2D eigenvalue weighted by atomic mass is 9.92. The molecule has 15 heavy (non-hydrogen) atoms. The molecule has 0 spiro atoms. The number of hydrogen-bond donors (Lipinski definition) is 2. The summed E-state index contributed by atoms with van der Waals surface area (Å²) in [4.78, 5) is 3.93. The van der Waals surface area contributed by atoms with Gasteiger partial charge in [-0.2, -0.15) is 0 Å². The molecule has 3 heteroatoms. The zero-order valence-corrected chi connectivity index (χ0v) is 9.48. The summed E-state index contributed by atoms with van der Waals surface area (Å²) in [5.74, 6) is 0.892. The van der Waals surface area contributed by atoms with Crippen LogP contribution >= 0.6 is 0 Å². The first-order chi connectivity index (χ1) is 7.17. The van der Waals surface area contributed by atoms with Crippen molar-refractivity contribution in [1.82, 2.24) is 4.98 Å². The summed E-state index contributed by atoms with van der Waals surface area (Å²) in [7, 11) is 0. The lowest BCUT2D eigenvalue weighted by Gasteiger charge is -2.19. The molecule has 0 saturated heterocycles. The normalized spacial score (nSPS) is 13.1. The number of nitrogens with zero attached hydrogens (tertiary/aromatic N) is 1. The third-order valence-corrected chi connectivity index (χ3v) is 2.88. The van der Waals surface area contributed by atoms with Crippen molar-refractivity contribution in [3.63, 3.8) is 0 Å².